The van der Waals surface area contributed by atoms with Crippen molar-refractivity contribution in [3.63, 3.8) is 0 Å². The molecule has 0 aliphatic carbocycles. The summed E-state index contributed by atoms with van der Waals surface area (Å²) in [4.78, 5) is 15.3. The molecule has 1 aromatic carbocycles. The Hall–Kier alpha value is -1.39. The van der Waals surface area contributed by atoms with Gasteiger partial charge in [-0.25, -0.2) is 0 Å². The minimum Gasteiger partial charge on any atom is -0.346 e. The normalized spacial score (nSPS) is 21.4. The molecule has 25 heavy (non-hydrogen) atoms. The number of amides is 1. The predicted molar refractivity (Wildman–Crippen MR) is 103 cm³/mol. The summed E-state index contributed by atoms with van der Waals surface area (Å²) in [6.07, 6.45) is 0.960. The summed E-state index contributed by atoms with van der Waals surface area (Å²) >= 11 is 0. The fraction of sp³-hybridized carbons (Fsp3) is 0.667. The van der Waals surface area contributed by atoms with E-state index in [0.717, 1.165) is 39.1 Å². The minimum absolute atomic E-state index is 0.0915. The number of hydrogen-bond acceptors (Lipinski definition) is 1. The predicted octanol–water partition coefficient (Wildman–Crippen LogP) is 0.398. The molecule has 0 spiro atoms. The summed E-state index contributed by atoms with van der Waals surface area (Å²) in [5.41, 5.74) is 2.74. The Balaban J connectivity index is 1.75. The van der Waals surface area contributed by atoms with Gasteiger partial charge in [-0.1, -0.05) is 45.0 Å². The van der Waals surface area contributed by atoms with Gasteiger partial charge in [0.05, 0.1) is 0 Å². The molecule has 0 saturated carbocycles. The van der Waals surface area contributed by atoms with Crippen molar-refractivity contribution in [2.75, 3.05) is 32.7 Å². The number of benzene rings is 1. The van der Waals surface area contributed by atoms with Crippen LogP contribution in [0.5, 0.6) is 0 Å². The Labute approximate surface area is 153 Å². The average molecular weight is 348 g/mol. The molecule has 1 heterocycles. The molecule has 0 bridgehead atoms. The van der Waals surface area contributed by atoms with Crippen LogP contribution < -0.4 is 15.1 Å². The zero-order chi connectivity index (χ0) is 18.4. The zero-order valence-electron chi connectivity index (χ0n) is 16.7. The van der Waals surface area contributed by atoms with Crippen LogP contribution in [0.4, 0.5) is 0 Å². The van der Waals surface area contributed by atoms with E-state index in [0.29, 0.717) is 12.5 Å². The largest absolute Gasteiger partial charge is 0.346 e. The number of hydrogen-bond donors (Lipinski definition) is 3. The van der Waals surface area contributed by atoms with E-state index >= 15 is 0 Å². The van der Waals surface area contributed by atoms with Crippen LogP contribution in [0, 0.1) is 0 Å². The lowest BCUT2D eigenvalue weighted by Gasteiger charge is -2.31. The number of piperazine rings is 1. The maximum absolute atomic E-state index is 12.2. The molecule has 1 aliphatic heterocycles. The standard InChI is InChI=1S/C21H35N3O/c1-6-21(4,5)22-20(25)16-24-13-11-23(12-14-24)15-18-7-9-19(10-8-18)17(2)3/h7-10,17H,6,11-16H2,1-5H3,(H,22,25)/p+2. The summed E-state index contributed by atoms with van der Waals surface area (Å²) < 4.78 is 0. The van der Waals surface area contributed by atoms with E-state index in [2.05, 4.69) is 64.2 Å². The highest BCUT2D eigenvalue weighted by atomic mass is 16.2. The third-order valence-corrected chi connectivity index (χ3v) is 5.54. The topological polar surface area (TPSA) is 38.0 Å². The zero-order valence-corrected chi connectivity index (χ0v) is 16.7. The van der Waals surface area contributed by atoms with Crippen molar-refractivity contribution in [2.24, 2.45) is 0 Å². The van der Waals surface area contributed by atoms with Crippen molar-refractivity contribution in [3.8, 4) is 0 Å². The Bertz CT molecular complexity index is 543. The molecule has 1 saturated heterocycles. The van der Waals surface area contributed by atoms with Crippen LogP contribution in [-0.4, -0.2) is 44.2 Å². The molecule has 4 nitrogen and oxygen atoms in total. The molecular formula is C21H37N3O+2. The maximum atomic E-state index is 12.2. The molecule has 3 N–H and O–H groups in total. The van der Waals surface area contributed by atoms with Crippen LogP contribution in [0.25, 0.3) is 0 Å². The Kier molecular flexibility index (Phi) is 7.03. The van der Waals surface area contributed by atoms with Gasteiger partial charge < -0.3 is 15.1 Å². The molecule has 4 heteroatoms. The van der Waals surface area contributed by atoms with E-state index in [4.69, 9.17) is 0 Å². The van der Waals surface area contributed by atoms with Crippen molar-refractivity contribution in [3.05, 3.63) is 35.4 Å². The monoisotopic (exact) mass is 347 g/mol. The highest BCUT2D eigenvalue weighted by Crippen LogP contribution is 2.14. The van der Waals surface area contributed by atoms with Crippen LogP contribution in [0.3, 0.4) is 0 Å². The first-order chi connectivity index (χ1) is 11.8. The summed E-state index contributed by atoms with van der Waals surface area (Å²) in [6.45, 7) is 16.9. The second-order valence-electron chi connectivity index (χ2n) is 8.54. The molecule has 0 atom stereocenters. The first kappa shape index (κ1) is 19.9. The van der Waals surface area contributed by atoms with Gasteiger partial charge in [0.25, 0.3) is 5.91 Å². The lowest BCUT2D eigenvalue weighted by atomic mass is 10.0. The van der Waals surface area contributed by atoms with Gasteiger partial charge in [0.2, 0.25) is 0 Å². The van der Waals surface area contributed by atoms with Crippen molar-refractivity contribution >= 4 is 5.91 Å². The third kappa shape index (κ3) is 6.44. The molecule has 1 fully saturated rings. The molecule has 0 radical (unpaired) electrons. The fourth-order valence-corrected chi connectivity index (χ4v) is 3.36. The minimum atomic E-state index is -0.0915. The lowest BCUT2D eigenvalue weighted by molar-refractivity contribution is -1.02. The summed E-state index contributed by atoms with van der Waals surface area (Å²) in [5, 5.41) is 3.15. The first-order valence-electron chi connectivity index (χ1n) is 9.86. The smallest absolute Gasteiger partial charge is 0.275 e. The third-order valence-electron chi connectivity index (χ3n) is 5.54. The van der Waals surface area contributed by atoms with Crippen LogP contribution in [0.2, 0.25) is 0 Å². The quantitative estimate of drug-likeness (QED) is 0.656. The molecular weight excluding hydrogens is 310 g/mol. The van der Waals surface area contributed by atoms with Crippen LogP contribution >= 0.6 is 0 Å². The van der Waals surface area contributed by atoms with Gasteiger partial charge in [-0.2, -0.15) is 0 Å². The second kappa shape index (κ2) is 8.81. The highest BCUT2D eigenvalue weighted by Gasteiger charge is 2.26. The summed E-state index contributed by atoms with van der Waals surface area (Å²) in [6, 6.07) is 9.09. The lowest BCUT2D eigenvalue weighted by Crippen LogP contribution is -3.28. The first-order valence-corrected chi connectivity index (χ1v) is 9.86. The van der Waals surface area contributed by atoms with Crippen LogP contribution in [0.1, 0.15) is 58.1 Å². The van der Waals surface area contributed by atoms with E-state index in [-0.39, 0.29) is 11.4 Å². The Morgan fingerprint density at radius 3 is 2.16 bits per heavy atom. The summed E-state index contributed by atoms with van der Waals surface area (Å²) in [5.74, 6) is 0.784. The molecule has 140 valence electrons. The number of nitrogens with one attached hydrogen (secondary N) is 3. The molecule has 2 rings (SSSR count). The molecule has 1 aromatic rings. The van der Waals surface area contributed by atoms with E-state index < -0.39 is 0 Å². The van der Waals surface area contributed by atoms with E-state index in [1.807, 2.05) is 0 Å². The van der Waals surface area contributed by atoms with Gasteiger partial charge >= 0.3 is 0 Å². The molecule has 1 aliphatic rings. The number of rotatable bonds is 7. The molecule has 0 unspecified atom stereocenters. The van der Waals surface area contributed by atoms with E-state index in [1.165, 1.54) is 16.0 Å². The molecule has 0 aromatic heterocycles. The average Bonchev–Trinajstić information content (AvgIpc) is 2.56. The number of quaternary nitrogens is 2. The summed E-state index contributed by atoms with van der Waals surface area (Å²) in [7, 11) is 0. The highest BCUT2D eigenvalue weighted by molar-refractivity contribution is 5.77. The second-order valence-corrected chi connectivity index (χ2v) is 8.54. The fourth-order valence-electron chi connectivity index (χ4n) is 3.36. The van der Waals surface area contributed by atoms with Gasteiger partial charge in [-0.05, 0) is 31.7 Å². The van der Waals surface area contributed by atoms with E-state index in [1.54, 1.807) is 4.90 Å². The molecule has 1 amide bonds. The van der Waals surface area contributed by atoms with Gasteiger partial charge in [0.15, 0.2) is 6.54 Å². The van der Waals surface area contributed by atoms with Crippen molar-refractivity contribution < 1.29 is 14.6 Å². The van der Waals surface area contributed by atoms with Crippen LogP contribution in [-0.2, 0) is 11.3 Å². The Morgan fingerprint density at radius 1 is 1.08 bits per heavy atom. The maximum Gasteiger partial charge on any atom is 0.275 e. The van der Waals surface area contributed by atoms with Crippen molar-refractivity contribution in [1.82, 2.24) is 5.32 Å². The number of carbonyl (C=O) groups is 1. The van der Waals surface area contributed by atoms with Crippen molar-refractivity contribution in [1.29, 1.82) is 0 Å². The Morgan fingerprint density at radius 2 is 1.64 bits per heavy atom. The van der Waals surface area contributed by atoms with E-state index in [9.17, 15) is 4.79 Å². The SMILES string of the molecule is CCC(C)(C)NC(=O)C[NH+]1CC[NH+](Cc2ccc(C(C)C)cc2)CC1. The van der Waals surface area contributed by atoms with Gasteiger partial charge in [0, 0.05) is 11.1 Å². The van der Waals surface area contributed by atoms with Crippen molar-refractivity contribution in [2.45, 2.75) is 59.0 Å². The number of carbonyl (C=O) groups excluding carboxylic acids is 1. The van der Waals surface area contributed by atoms with Gasteiger partial charge in [-0.3, -0.25) is 4.79 Å². The van der Waals surface area contributed by atoms with Crippen LogP contribution in [0.15, 0.2) is 24.3 Å². The van der Waals surface area contributed by atoms with Gasteiger partial charge in [-0.15, -0.1) is 0 Å². The van der Waals surface area contributed by atoms with Gasteiger partial charge in [0.1, 0.15) is 32.7 Å².